The van der Waals surface area contributed by atoms with Gasteiger partial charge in [-0.2, -0.15) is 0 Å². The van der Waals surface area contributed by atoms with E-state index in [2.05, 4.69) is 10.4 Å². The van der Waals surface area contributed by atoms with Crippen LogP contribution in [0.25, 0.3) is 0 Å². The van der Waals surface area contributed by atoms with Gasteiger partial charge in [0.15, 0.2) is 6.61 Å². The quantitative estimate of drug-likeness (QED) is 0.290. The van der Waals surface area contributed by atoms with E-state index >= 15 is 0 Å². The highest BCUT2D eigenvalue weighted by atomic mass is 35.5. The van der Waals surface area contributed by atoms with Gasteiger partial charge in [-0.05, 0) is 48.5 Å². The predicted molar refractivity (Wildman–Crippen MR) is 107 cm³/mol. The van der Waals surface area contributed by atoms with Gasteiger partial charge < -0.3 is 24.8 Å². The summed E-state index contributed by atoms with van der Waals surface area (Å²) < 4.78 is 27.2. The molecule has 1 amide bonds. The third kappa shape index (κ3) is 9.27. The molecule has 4 N–H and O–H groups in total. The van der Waals surface area contributed by atoms with Crippen LogP contribution in [0, 0.1) is 0 Å². The molecule has 2 rings (SSSR count). The topological polar surface area (TPSA) is 126 Å². The fourth-order valence-corrected chi connectivity index (χ4v) is 2.98. The Hall–Kier alpha value is -2.13. The van der Waals surface area contributed by atoms with Gasteiger partial charge in [0.2, 0.25) is 0 Å². The van der Waals surface area contributed by atoms with E-state index in [1.165, 1.54) is 0 Å². The molecule has 0 aromatic heterocycles. The SMILES string of the molecule is O=C(COc1ccc(Oc2ccc(Cl)cc2)cc1)NCCOP(=O)(O)NCCO. The van der Waals surface area contributed by atoms with Crippen molar-refractivity contribution in [3.05, 3.63) is 53.6 Å². The first kappa shape index (κ1) is 23.2. The first-order chi connectivity index (χ1) is 13.9. The van der Waals surface area contributed by atoms with Gasteiger partial charge in [-0.1, -0.05) is 11.6 Å². The van der Waals surface area contributed by atoms with Crippen molar-refractivity contribution < 1.29 is 33.4 Å². The van der Waals surface area contributed by atoms with Gasteiger partial charge >= 0.3 is 7.75 Å². The molecule has 0 saturated heterocycles. The largest absolute Gasteiger partial charge is 0.484 e. The Morgan fingerprint density at radius 3 is 2.21 bits per heavy atom. The predicted octanol–water partition coefficient (Wildman–Crippen LogP) is 2.33. The Kier molecular flexibility index (Phi) is 9.40. The van der Waals surface area contributed by atoms with Crippen LogP contribution < -0.4 is 19.9 Å². The molecule has 0 fully saturated rings. The minimum Gasteiger partial charge on any atom is -0.484 e. The summed E-state index contributed by atoms with van der Waals surface area (Å²) in [5, 5.41) is 13.9. The summed E-state index contributed by atoms with van der Waals surface area (Å²) in [5.41, 5.74) is 0. The Morgan fingerprint density at radius 2 is 1.59 bits per heavy atom. The van der Waals surface area contributed by atoms with Crippen LogP contribution in [0.1, 0.15) is 0 Å². The van der Waals surface area contributed by atoms with Gasteiger partial charge in [-0.15, -0.1) is 0 Å². The minimum absolute atomic E-state index is 0.0292. The van der Waals surface area contributed by atoms with Crippen LogP contribution >= 0.6 is 19.3 Å². The fraction of sp³-hybridized carbons (Fsp3) is 0.278. The molecule has 158 valence electrons. The van der Waals surface area contributed by atoms with Crippen LogP contribution in [-0.2, 0) is 13.9 Å². The van der Waals surface area contributed by atoms with Gasteiger partial charge in [-0.25, -0.2) is 9.65 Å². The smallest absolute Gasteiger partial charge is 0.403 e. The zero-order valence-electron chi connectivity index (χ0n) is 15.4. The lowest BCUT2D eigenvalue weighted by molar-refractivity contribution is -0.123. The Bertz CT molecular complexity index is 818. The Morgan fingerprint density at radius 1 is 1.00 bits per heavy atom. The number of hydrogen-bond acceptors (Lipinski definition) is 6. The van der Waals surface area contributed by atoms with Crippen LogP contribution in [0.15, 0.2) is 48.5 Å². The molecule has 29 heavy (non-hydrogen) atoms. The molecule has 1 unspecified atom stereocenters. The van der Waals surface area contributed by atoms with Crippen molar-refractivity contribution in [1.82, 2.24) is 10.4 Å². The highest BCUT2D eigenvalue weighted by molar-refractivity contribution is 7.50. The first-order valence-electron chi connectivity index (χ1n) is 8.64. The maximum atomic E-state index is 11.7. The maximum Gasteiger partial charge on any atom is 0.403 e. The highest BCUT2D eigenvalue weighted by Gasteiger charge is 2.17. The number of carbonyl (C=O) groups excluding carboxylic acids is 1. The molecule has 0 spiro atoms. The lowest BCUT2D eigenvalue weighted by atomic mass is 10.3. The molecule has 0 aliphatic rings. The monoisotopic (exact) mass is 444 g/mol. The first-order valence-corrected chi connectivity index (χ1v) is 10.6. The second kappa shape index (κ2) is 11.8. The second-order valence-corrected chi connectivity index (χ2v) is 7.70. The summed E-state index contributed by atoms with van der Waals surface area (Å²) in [5.74, 6) is 1.31. The molecular formula is C18H22ClN2O7P. The molecular weight excluding hydrogens is 423 g/mol. The van der Waals surface area contributed by atoms with Crippen LogP contribution in [-0.4, -0.2) is 48.8 Å². The van der Waals surface area contributed by atoms with E-state index in [0.29, 0.717) is 22.3 Å². The van der Waals surface area contributed by atoms with E-state index in [0.717, 1.165) is 0 Å². The van der Waals surface area contributed by atoms with Gasteiger partial charge in [0.05, 0.1) is 13.2 Å². The second-order valence-electron chi connectivity index (χ2n) is 5.65. The van der Waals surface area contributed by atoms with Gasteiger partial charge in [-0.3, -0.25) is 9.32 Å². The van der Waals surface area contributed by atoms with E-state index < -0.39 is 13.7 Å². The molecule has 1 atom stereocenters. The number of rotatable bonds is 12. The number of benzene rings is 2. The highest BCUT2D eigenvalue weighted by Crippen LogP contribution is 2.35. The summed E-state index contributed by atoms with van der Waals surface area (Å²) in [6.45, 7) is -0.735. The number of aliphatic hydroxyl groups excluding tert-OH is 1. The standard InChI is InChI=1S/C18H22ClN2O7P/c19-14-1-3-16(4-2-14)28-17-7-5-15(6-8-17)26-13-18(23)20-10-12-27-29(24,25)21-9-11-22/h1-8,22H,9-13H2,(H,20,23)(H2,21,24,25). The minimum atomic E-state index is -3.98. The third-order valence-corrected chi connectivity index (χ3v) is 4.76. The molecule has 11 heteroatoms. The zero-order chi connectivity index (χ0) is 21.1. The lowest BCUT2D eigenvalue weighted by Gasteiger charge is -2.13. The van der Waals surface area contributed by atoms with Crippen molar-refractivity contribution in [3.63, 3.8) is 0 Å². The molecule has 0 saturated carbocycles. The number of hydrogen-bond donors (Lipinski definition) is 4. The molecule has 0 aliphatic heterocycles. The molecule has 0 bridgehead atoms. The average Bonchev–Trinajstić information content (AvgIpc) is 2.71. The molecule has 0 aliphatic carbocycles. The molecule has 9 nitrogen and oxygen atoms in total. The number of amides is 1. The van der Waals surface area contributed by atoms with Crippen molar-refractivity contribution in [1.29, 1.82) is 0 Å². The van der Waals surface area contributed by atoms with Gasteiger partial charge in [0.25, 0.3) is 5.91 Å². The summed E-state index contributed by atoms with van der Waals surface area (Å²) in [4.78, 5) is 21.1. The molecule has 0 heterocycles. The number of ether oxygens (including phenoxy) is 2. The fourth-order valence-electron chi connectivity index (χ4n) is 2.04. The number of nitrogens with one attached hydrogen (secondary N) is 2. The summed E-state index contributed by atoms with van der Waals surface area (Å²) in [6.07, 6.45) is 0. The number of halogens is 1. The van der Waals surface area contributed by atoms with E-state index in [4.69, 9.17) is 30.7 Å². The summed E-state index contributed by atoms with van der Waals surface area (Å²) in [6, 6.07) is 13.7. The maximum absolute atomic E-state index is 11.7. The van der Waals surface area contributed by atoms with Crippen LogP contribution in [0.5, 0.6) is 17.2 Å². The van der Waals surface area contributed by atoms with E-state index in [1.807, 2.05) is 0 Å². The number of aliphatic hydroxyl groups is 1. The lowest BCUT2D eigenvalue weighted by Crippen LogP contribution is -2.32. The Balaban J connectivity index is 1.66. The van der Waals surface area contributed by atoms with Crippen molar-refractivity contribution in [2.75, 3.05) is 32.9 Å². The van der Waals surface area contributed by atoms with Crippen molar-refractivity contribution in [2.24, 2.45) is 0 Å². The normalized spacial score (nSPS) is 12.8. The van der Waals surface area contributed by atoms with Crippen LogP contribution in [0.4, 0.5) is 0 Å². The van der Waals surface area contributed by atoms with Crippen molar-refractivity contribution >= 4 is 25.3 Å². The van der Waals surface area contributed by atoms with E-state index in [1.54, 1.807) is 48.5 Å². The van der Waals surface area contributed by atoms with E-state index in [-0.39, 0.29) is 32.9 Å². The summed E-state index contributed by atoms with van der Waals surface area (Å²) in [7, 11) is -3.98. The van der Waals surface area contributed by atoms with Gasteiger partial charge in [0.1, 0.15) is 17.2 Å². The van der Waals surface area contributed by atoms with Gasteiger partial charge in [0, 0.05) is 18.1 Å². The van der Waals surface area contributed by atoms with Crippen molar-refractivity contribution in [3.8, 4) is 17.2 Å². The Labute approximate surface area is 173 Å². The van der Waals surface area contributed by atoms with Crippen LogP contribution in [0.3, 0.4) is 0 Å². The third-order valence-electron chi connectivity index (χ3n) is 3.36. The number of carbonyl (C=O) groups is 1. The summed E-state index contributed by atoms with van der Waals surface area (Å²) >= 11 is 5.83. The molecule has 2 aromatic rings. The van der Waals surface area contributed by atoms with E-state index in [9.17, 15) is 14.3 Å². The average molecular weight is 445 g/mol. The zero-order valence-corrected chi connectivity index (χ0v) is 17.1. The molecule has 2 aromatic carbocycles. The van der Waals surface area contributed by atoms with Crippen molar-refractivity contribution in [2.45, 2.75) is 0 Å². The molecule has 0 radical (unpaired) electrons. The van der Waals surface area contributed by atoms with Crippen LogP contribution in [0.2, 0.25) is 5.02 Å².